The summed E-state index contributed by atoms with van der Waals surface area (Å²) in [5.74, 6) is -0.480. The molecule has 1 rings (SSSR count). The van der Waals surface area contributed by atoms with Crippen LogP contribution in [0, 0.1) is 6.92 Å². The Morgan fingerprint density at radius 2 is 2.00 bits per heavy atom. The van der Waals surface area contributed by atoms with Crippen molar-refractivity contribution in [1.29, 1.82) is 0 Å². The lowest BCUT2D eigenvalue weighted by molar-refractivity contribution is -0.189. The Balaban J connectivity index is 2.29. The van der Waals surface area contributed by atoms with Gasteiger partial charge in [-0.25, -0.2) is 0 Å². The number of benzene rings is 1. The van der Waals surface area contributed by atoms with E-state index in [0.717, 1.165) is 5.56 Å². The van der Waals surface area contributed by atoms with Crippen molar-refractivity contribution in [2.45, 2.75) is 13.1 Å². The van der Waals surface area contributed by atoms with Gasteiger partial charge in [0.2, 0.25) is 5.91 Å². The number of halogens is 3. The maximum Gasteiger partial charge on any atom is 0.413 e. The smallest absolute Gasteiger partial charge is 0.325 e. The second kappa shape index (κ2) is 6.36. The normalized spacial score (nSPS) is 11.3. The second-order valence-electron chi connectivity index (χ2n) is 3.59. The van der Waals surface area contributed by atoms with Crippen LogP contribution in [-0.4, -0.2) is 25.2 Å². The summed E-state index contributed by atoms with van der Waals surface area (Å²) >= 11 is 0. The average molecular weight is 262 g/mol. The lowest BCUT2D eigenvalue weighted by Crippen LogP contribution is -2.31. The molecular weight excluding hydrogens is 249 g/mol. The molecule has 0 spiro atoms. The van der Waals surface area contributed by atoms with Gasteiger partial charge < -0.3 is 5.32 Å². The van der Waals surface area contributed by atoms with E-state index in [9.17, 15) is 18.0 Å². The first-order chi connectivity index (χ1) is 8.38. The van der Waals surface area contributed by atoms with Crippen LogP contribution in [0.1, 0.15) is 5.56 Å². The average Bonchev–Trinajstić information content (AvgIpc) is 2.26. The van der Waals surface area contributed by atoms with E-state index < -0.39 is 18.7 Å². The van der Waals surface area contributed by atoms with Gasteiger partial charge in [-0.15, -0.1) is 0 Å². The summed E-state index contributed by atoms with van der Waals surface area (Å²) < 4.78 is 35.1. The molecule has 0 unspecified atom stereocenters. The minimum Gasteiger partial charge on any atom is -0.325 e. The zero-order valence-corrected chi connectivity index (χ0v) is 9.67. The summed E-state index contributed by atoms with van der Waals surface area (Å²) in [6.45, 7) is 0.0122. The molecule has 0 atom stereocenters. The summed E-state index contributed by atoms with van der Waals surface area (Å²) in [5.41, 5.74) is 3.42. The van der Waals surface area contributed by atoms with Gasteiger partial charge in [-0.1, -0.05) is 18.2 Å². The van der Waals surface area contributed by atoms with Crippen LogP contribution in [-0.2, 0) is 9.63 Å². The van der Waals surface area contributed by atoms with Crippen LogP contribution in [0.15, 0.2) is 24.3 Å². The first kappa shape index (κ1) is 14.5. The fraction of sp³-hybridized carbons (Fsp3) is 0.364. The Morgan fingerprint density at radius 3 is 2.61 bits per heavy atom. The Hall–Kier alpha value is -1.60. The monoisotopic (exact) mass is 262 g/mol. The van der Waals surface area contributed by atoms with Crippen molar-refractivity contribution in [3.05, 3.63) is 29.8 Å². The topological polar surface area (TPSA) is 50.4 Å². The highest BCUT2D eigenvalue weighted by atomic mass is 19.4. The number of nitrogens with one attached hydrogen (secondary N) is 2. The third-order valence-corrected chi connectivity index (χ3v) is 1.99. The Morgan fingerprint density at radius 1 is 1.33 bits per heavy atom. The minimum atomic E-state index is -4.42. The van der Waals surface area contributed by atoms with E-state index in [1.54, 1.807) is 12.1 Å². The van der Waals surface area contributed by atoms with Gasteiger partial charge in [-0.2, -0.15) is 18.7 Å². The number of anilines is 1. The second-order valence-corrected chi connectivity index (χ2v) is 3.59. The van der Waals surface area contributed by atoms with Gasteiger partial charge in [-0.05, 0) is 18.6 Å². The van der Waals surface area contributed by atoms with Gasteiger partial charge in [0.25, 0.3) is 0 Å². The SMILES string of the molecule is Cc1ccccc1NC(=O)CNOCC(F)(F)F. The van der Waals surface area contributed by atoms with Crippen LogP contribution < -0.4 is 10.8 Å². The molecule has 0 fully saturated rings. The zero-order chi connectivity index (χ0) is 13.6. The highest BCUT2D eigenvalue weighted by Crippen LogP contribution is 2.14. The molecule has 0 saturated heterocycles. The molecule has 0 aromatic heterocycles. The maximum atomic E-state index is 11.7. The Kier molecular flexibility index (Phi) is 5.11. The number of hydrogen-bond acceptors (Lipinski definition) is 3. The Labute approximate surface area is 102 Å². The molecule has 0 bridgehead atoms. The predicted octanol–water partition coefficient (Wildman–Crippen LogP) is 2.02. The predicted molar refractivity (Wildman–Crippen MR) is 59.8 cm³/mol. The third-order valence-electron chi connectivity index (χ3n) is 1.99. The number of aryl methyl sites for hydroxylation is 1. The molecule has 0 radical (unpaired) electrons. The van der Waals surface area contributed by atoms with Crippen LogP contribution in [0.4, 0.5) is 18.9 Å². The number of rotatable bonds is 5. The first-order valence-electron chi connectivity index (χ1n) is 5.15. The van der Waals surface area contributed by atoms with Crippen molar-refractivity contribution in [2.75, 3.05) is 18.5 Å². The molecule has 100 valence electrons. The highest BCUT2D eigenvalue weighted by molar-refractivity contribution is 5.92. The summed E-state index contributed by atoms with van der Waals surface area (Å²) in [5, 5.41) is 2.55. The van der Waals surface area contributed by atoms with Crippen molar-refractivity contribution < 1.29 is 22.8 Å². The van der Waals surface area contributed by atoms with E-state index in [4.69, 9.17) is 0 Å². The molecule has 2 N–H and O–H groups in total. The molecule has 0 aliphatic rings. The van der Waals surface area contributed by atoms with Crippen LogP contribution >= 0.6 is 0 Å². The van der Waals surface area contributed by atoms with Crippen molar-refractivity contribution in [2.24, 2.45) is 0 Å². The molecule has 1 aromatic carbocycles. The van der Waals surface area contributed by atoms with E-state index >= 15 is 0 Å². The minimum absolute atomic E-state index is 0.357. The van der Waals surface area contributed by atoms with Crippen molar-refractivity contribution in [1.82, 2.24) is 5.48 Å². The lowest BCUT2D eigenvalue weighted by Gasteiger charge is -2.10. The van der Waals surface area contributed by atoms with E-state index in [1.165, 1.54) is 0 Å². The number of para-hydroxylation sites is 1. The number of hydroxylamine groups is 1. The number of amides is 1. The summed E-state index contributed by atoms with van der Waals surface area (Å²) in [6.07, 6.45) is -4.42. The van der Waals surface area contributed by atoms with Gasteiger partial charge >= 0.3 is 6.18 Å². The summed E-state index contributed by atoms with van der Waals surface area (Å²) in [7, 11) is 0. The van der Waals surface area contributed by atoms with Crippen LogP contribution in [0.25, 0.3) is 0 Å². The molecule has 0 aliphatic carbocycles. The third kappa shape index (κ3) is 5.65. The number of alkyl halides is 3. The number of carbonyl (C=O) groups excluding carboxylic acids is 1. The van der Waals surface area contributed by atoms with Crippen molar-refractivity contribution in [3.63, 3.8) is 0 Å². The quantitative estimate of drug-likeness (QED) is 0.630. The summed E-state index contributed by atoms with van der Waals surface area (Å²) in [6, 6.07) is 7.07. The standard InChI is InChI=1S/C11H13F3N2O2/c1-8-4-2-3-5-9(8)16-10(17)6-15-18-7-11(12,13)14/h2-5,15H,6-7H2,1H3,(H,16,17). The van der Waals surface area contributed by atoms with E-state index in [2.05, 4.69) is 10.2 Å². The van der Waals surface area contributed by atoms with Gasteiger partial charge in [0.05, 0.1) is 0 Å². The molecular formula is C11H13F3N2O2. The van der Waals surface area contributed by atoms with E-state index in [1.807, 2.05) is 24.5 Å². The van der Waals surface area contributed by atoms with Crippen molar-refractivity contribution >= 4 is 11.6 Å². The molecule has 1 amide bonds. The van der Waals surface area contributed by atoms with Gasteiger partial charge in [0.1, 0.15) is 6.54 Å². The van der Waals surface area contributed by atoms with Crippen LogP contribution in [0.2, 0.25) is 0 Å². The van der Waals surface area contributed by atoms with Gasteiger partial charge in [0.15, 0.2) is 6.61 Å². The number of hydrogen-bond donors (Lipinski definition) is 2. The first-order valence-corrected chi connectivity index (χ1v) is 5.15. The fourth-order valence-electron chi connectivity index (χ4n) is 1.16. The molecule has 18 heavy (non-hydrogen) atoms. The van der Waals surface area contributed by atoms with Gasteiger partial charge in [0, 0.05) is 5.69 Å². The molecule has 4 nitrogen and oxygen atoms in total. The van der Waals surface area contributed by atoms with Crippen LogP contribution in [0.3, 0.4) is 0 Å². The lowest BCUT2D eigenvalue weighted by atomic mass is 10.2. The maximum absolute atomic E-state index is 11.7. The van der Waals surface area contributed by atoms with Crippen LogP contribution in [0.5, 0.6) is 0 Å². The molecule has 7 heteroatoms. The molecule has 0 saturated carbocycles. The summed E-state index contributed by atoms with van der Waals surface area (Å²) in [4.78, 5) is 15.5. The largest absolute Gasteiger partial charge is 0.413 e. The fourth-order valence-corrected chi connectivity index (χ4v) is 1.16. The van der Waals surface area contributed by atoms with E-state index in [-0.39, 0.29) is 6.54 Å². The number of carbonyl (C=O) groups is 1. The van der Waals surface area contributed by atoms with E-state index in [0.29, 0.717) is 5.69 Å². The van der Waals surface area contributed by atoms with Crippen molar-refractivity contribution in [3.8, 4) is 0 Å². The molecule has 0 heterocycles. The zero-order valence-electron chi connectivity index (χ0n) is 9.67. The molecule has 0 aliphatic heterocycles. The Bertz CT molecular complexity index is 408. The van der Waals surface area contributed by atoms with Gasteiger partial charge in [-0.3, -0.25) is 9.63 Å². The highest BCUT2D eigenvalue weighted by Gasteiger charge is 2.27. The molecule has 1 aromatic rings.